The Morgan fingerprint density at radius 1 is 0.783 bits per heavy atom. The van der Waals surface area contributed by atoms with E-state index in [0.717, 1.165) is 22.4 Å². The highest BCUT2D eigenvalue weighted by Crippen LogP contribution is 2.29. The van der Waals surface area contributed by atoms with Gasteiger partial charge >= 0.3 is 0 Å². The van der Waals surface area contributed by atoms with Crippen molar-refractivity contribution >= 4 is 35.1 Å². The average Bonchev–Trinajstić information content (AvgIpc) is 2.59. The molecule has 0 amide bonds. The van der Waals surface area contributed by atoms with E-state index in [1.165, 1.54) is 0 Å². The van der Waals surface area contributed by atoms with Crippen molar-refractivity contribution in [1.82, 2.24) is 0 Å². The average molecular weight is 341 g/mol. The maximum Gasteiger partial charge on any atom is 0.0598 e. The summed E-state index contributed by atoms with van der Waals surface area (Å²) in [7, 11) is 0. The number of hydrogen-bond acceptors (Lipinski definition) is 2. The Labute approximate surface area is 145 Å². The summed E-state index contributed by atoms with van der Waals surface area (Å²) in [4.78, 5) is 0. The van der Waals surface area contributed by atoms with E-state index in [1.807, 2.05) is 66.7 Å². The predicted molar refractivity (Wildman–Crippen MR) is 99.6 cm³/mol. The highest BCUT2D eigenvalue weighted by atomic mass is 35.5. The second-order valence-electron chi connectivity index (χ2n) is 4.95. The highest BCUT2D eigenvalue weighted by molar-refractivity contribution is 6.42. The van der Waals surface area contributed by atoms with Gasteiger partial charge in [-0.15, -0.1) is 0 Å². The third-order valence-corrected chi connectivity index (χ3v) is 4.10. The highest BCUT2D eigenvalue weighted by Gasteiger charge is 2.05. The van der Waals surface area contributed by atoms with Crippen LogP contribution in [0.2, 0.25) is 10.0 Å². The first-order valence-corrected chi connectivity index (χ1v) is 7.88. The van der Waals surface area contributed by atoms with Crippen LogP contribution in [-0.2, 0) is 0 Å². The second-order valence-corrected chi connectivity index (χ2v) is 5.77. The molecular formula is C19H14Cl2N2. The second kappa shape index (κ2) is 7.32. The molecule has 3 aromatic rings. The first-order chi connectivity index (χ1) is 11.2. The number of anilines is 1. The van der Waals surface area contributed by atoms with E-state index in [-0.39, 0.29) is 0 Å². The Kier molecular flexibility index (Phi) is 4.96. The lowest BCUT2D eigenvalue weighted by molar-refractivity contribution is 1.35. The van der Waals surface area contributed by atoms with Gasteiger partial charge in [-0.05, 0) is 35.4 Å². The molecule has 4 heteroatoms. The summed E-state index contributed by atoms with van der Waals surface area (Å²) >= 11 is 12.1. The maximum atomic E-state index is 6.12. The van der Waals surface area contributed by atoms with Gasteiger partial charge in [0, 0.05) is 5.56 Å². The van der Waals surface area contributed by atoms with Crippen molar-refractivity contribution in [3.8, 4) is 11.1 Å². The van der Waals surface area contributed by atoms with Crippen LogP contribution in [0, 0.1) is 0 Å². The van der Waals surface area contributed by atoms with Crippen LogP contribution in [0.5, 0.6) is 0 Å². The molecule has 0 saturated heterocycles. The molecule has 0 aliphatic heterocycles. The summed E-state index contributed by atoms with van der Waals surface area (Å²) in [6.45, 7) is 0. The Balaban J connectivity index is 1.87. The van der Waals surface area contributed by atoms with Crippen molar-refractivity contribution in [2.45, 2.75) is 0 Å². The van der Waals surface area contributed by atoms with Crippen LogP contribution < -0.4 is 5.43 Å². The number of nitrogens with zero attached hydrogens (tertiary/aromatic N) is 1. The fourth-order valence-electron chi connectivity index (χ4n) is 2.23. The van der Waals surface area contributed by atoms with E-state index in [1.54, 1.807) is 12.3 Å². The molecule has 3 aromatic carbocycles. The van der Waals surface area contributed by atoms with Gasteiger partial charge in [0.2, 0.25) is 0 Å². The molecule has 0 aliphatic carbocycles. The Bertz CT molecular complexity index is 830. The monoisotopic (exact) mass is 340 g/mol. The zero-order chi connectivity index (χ0) is 16.1. The van der Waals surface area contributed by atoms with Crippen LogP contribution >= 0.6 is 23.2 Å². The fraction of sp³-hybridized carbons (Fsp3) is 0. The third-order valence-electron chi connectivity index (χ3n) is 3.36. The predicted octanol–water partition coefficient (Wildman–Crippen LogP) is 6.11. The molecule has 0 heterocycles. The molecular weight excluding hydrogens is 327 g/mol. The molecule has 0 atom stereocenters. The van der Waals surface area contributed by atoms with E-state index < -0.39 is 0 Å². The molecule has 0 radical (unpaired) electrons. The molecule has 1 N–H and O–H groups in total. The lowest BCUT2D eigenvalue weighted by Gasteiger charge is -2.07. The first-order valence-electron chi connectivity index (χ1n) is 7.12. The zero-order valence-electron chi connectivity index (χ0n) is 12.2. The molecule has 2 nitrogen and oxygen atoms in total. The number of hydrogen-bond donors (Lipinski definition) is 1. The summed E-state index contributed by atoms with van der Waals surface area (Å²) in [6.07, 6.45) is 1.80. The number of para-hydroxylation sites is 1. The van der Waals surface area contributed by atoms with Crippen LogP contribution in [0.25, 0.3) is 11.1 Å². The number of nitrogens with one attached hydrogen (secondary N) is 1. The summed E-state index contributed by atoms with van der Waals surface area (Å²) in [6, 6.07) is 23.4. The summed E-state index contributed by atoms with van der Waals surface area (Å²) in [5, 5.41) is 5.39. The molecule has 0 saturated carbocycles. The van der Waals surface area contributed by atoms with Crippen molar-refractivity contribution < 1.29 is 0 Å². The number of halogens is 2. The Hall–Kier alpha value is -2.29. The number of benzene rings is 3. The minimum atomic E-state index is 0.540. The quantitative estimate of drug-likeness (QED) is 0.449. The van der Waals surface area contributed by atoms with E-state index in [4.69, 9.17) is 23.2 Å². The topological polar surface area (TPSA) is 24.4 Å². The van der Waals surface area contributed by atoms with Crippen molar-refractivity contribution in [3.63, 3.8) is 0 Å². The molecule has 0 fully saturated rings. The van der Waals surface area contributed by atoms with Crippen LogP contribution in [0.3, 0.4) is 0 Å². The van der Waals surface area contributed by atoms with Gasteiger partial charge in [-0.25, -0.2) is 0 Å². The standard InChI is InChI=1S/C19H14Cl2N2/c20-18-11-10-14(12-19(18)21)17-9-5-4-6-15(17)13-22-23-16-7-2-1-3-8-16/h1-13,23H. The molecule has 0 unspecified atom stereocenters. The van der Waals surface area contributed by atoms with Gasteiger partial charge in [-0.1, -0.05) is 71.7 Å². The van der Waals surface area contributed by atoms with Crippen molar-refractivity contribution in [1.29, 1.82) is 0 Å². The van der Waals surface area contributed by atoms with Gasteiger partial charge < -0.3 is 0 Å². The third kappa shape index (κ3) is 3.92. The van der Waals surface area contributed by atoms with Crippen LogP contribution in [0.4, 0.5) is 5.69 Å². The largest absolute Gasteiger partial charge is 0.279 e. The van der Waals surface area contributed by atoms with E-state index in [9.17, 15) is 0 Å². The summed E-state index contributed by atoms with van der Waals surface area (Å²) < 4.78 is 0. The molecule has 114 valence electrons. The SMILES string of the molecule is Clc1ccc(-c2ccccc2C=NNc2ccccc2)cc1Cl. The summed E-state index contributed by atoms with van der Waals surface area (Å²) in [5.74, 6) is 0. The minimum absolute atomic E-state index is 0.540. The lowest BCUT2D eigenvalue weighted by Crippen LogP contribution is -1.92. The normalized spacial score (nSPS) is 10.9. The molecule has 0 aliphatic rings. The smallest absolute Gasteiger partial charge is 0.0598 e. The number of rotatable bonds is 4. The van der Waals surface area contributed by atoms with Crippen molar-refractivity contribution in [2.24, 2.45) is 5.10 Å². The zero-order valence-corrected chi connectivity index (χ0v) is 13.7. The van der Waals surface area contributed by atoms with E-state index in [0.29, 0.717) is 10.0 Å². The van der Waals surface area contributed by atoms with E-state index >= 15 is 0 Å². The van der Waals surface area contributed by atoms with Crippen LogP contribution in [-0.4, -0.2) is 6.21 Å². The van der Waals surface area contributed by atoms with Gasteiger partial charge in [0.1, 0.15) is 0 Å². The minimum Gasteiger partial charge on any atom is -0.279 e. The van der Waals surface area contributed by atoms with Gasteiger partial charge in [0.15, 0.2) is 0 Å². The number of hydrazone groups is 1. The fourth-order valence-corrected chi connectivity index (χ4v) is 2.52. The molecule has 0 aromatic heterocycles. The van der Waals surface area contributed by atoms with Gasteiger partial charge in [-0.3, -0.25) is 5.43 Å². The molecule has 0 spiro atoms. The Morgan fingerprint density at radius 2 is 1.52 bits per heavy atom. The maximum absolute atomic E-state index is 6.12. The summed E-state index contributed by atoms with van der Waals surface area (Å²) in [5.41, 5.74) is 7.00. The van der Waals surface area contributed by atoms with Crippen LogP contribution in [0.1, 0.15) is 5.56 Å². The van der Waals surface area contributed by atoms with Gasteiger partial charge in [-0.2, -0.15) is 5.10 Å². The molecule has 23 heavy (non-hydrogen) atoms. The van der Waals surface area contributed by atoms with E-state index in [2.05, 4.69) is 10.5 Å². The molecule has 3 rings (SSSR count). The lowest BCUT2D eigenvalue weighted by atomic mass is 10.0. The first kappa shape index (κ1) is 15.6. The molecule has 0 bridgehead atoms. The Morgan fingerprint density at radius 3 is 2.30 bits per heavy atom. The van der Waals surface area contributed by atoms with Crippen molar-refractivity contribution in [3.05, 3.63) is 88.4 Å². The van der Waals surface area contributed by atoms with Gasteiger partial charge in [0.05, 0.1) is 21.9 Å². The van der Waals surface area contributed by atoms with Crippen LogP contribution in [0.15, 0.2) is 77.9 Å². The van der Waals surface area contributed by atoms with Crippen molar-refractivity contribution in [2.75, 3.05) is 5.43 Å². The van der Waals surface area contributed by atoms with Gasteiger partial charge in [0.25, 0.3) is 0 Å².